The van der Waals surface area contributed by atoms with E-state index in [0.29, 0.717) is 35.1 Å². The molecule has 0 saturated heterocycles. The number of benzene rings is 1. The summed E-state index contributed by atoms with van der Waals surface area (Å²) in [7, 11) is 0. The smallest absolute Gasteiger partial charge is 0.305 e. The summed E-state index contributed by atoms with van der Waals surface area (Å²) in [6.45, 7) is 0. The zero-order chi connectivity index (χ0) is 24.2. The van der Waals surface area contributed by atoms with Gasteiger partial charge in [-0.3, -0.25) is 15.0 Å². The number of H-pyrrole nitrogens is 2. The molecule has 1 aliphatic rings. The van der Waals surface area contributed by atoms with Gasteiger partial charge in [0.15, 0.2) is 11.4 Å². The highest BCUT2D eigenvalue weighted by Gasteiger charge is 2.38. The van der Waals surface area contributed by atoms with Crippen LogP contribution in [0.2, 0.25) is 0 Å². The number of alkyl halides is 3. The topological polar surface area (TPSA) is 112 Å². The Bertz CT molecular complexity index is 1590. The summed E-state index contributed by atoms with van der Waals surface area (Å²) in [6, 6.07) is 8.64. The third-order valence-electron chi connectivity index (χ3n) is 6.28. The first kappa shape index (κ1) is 21.3. The monoisotopic (exact) mass is 477 g/mol. The SMILES string of the molecule is O=C(Nc1ccccn1)c1n[nH]c2ccc3nc(-c4c[nH]nc4C(F)(F)F)c4c(c3c12)CCCC4. The number of nitrogens with one attached hydrogen (secondary N) is 3. The number of hydrogen-bond donors (Lipinski definition) is 3. The van der Waals surface area contributed by atoms with Crippen molar-refractivity contribution in [1.29, 1.82) is 0 Å². The fourth-order valence-electron chi connectivity index (χ4n) is 4.82. The molecule has 0 radical (unpaired) electrons. The minimum absolute atomic E-state index is 0.0713. The van der Waals surface area contributed by atoms with Crippen LogP contribution in [0.5, 0.6) is 0 Å². The third-order valence-corrected chi connectivity index (χ3v) is 6.28. The molecule has 6 rings (SSSR count). The lowest BCUT2D eigenvalue weighted by atomic mass is 9.85. The fraction of sp³-hybridized carbons (Fsp3) is 0.208. The summed E-state index contributed by atoms with van der Waals surface area (Å²) in [5, 5.41) is 17.0. The van der Waals surface area contributed by atoms with Crippen LogP contribution in [0.15, 0.2) is 42.7 Å². The maximum Gasteiger partial charge on any atom is 0.435 e. The molecule has 0 unspecified atom stereocenters. The summed E-state index contributed by atoms with van der Waals surface area (Å²) >= 11 is 0. The number of fused-ring (bicyclic) bond motifs is 5. The molecule has 8 nitrogen and oxygen atoms in total. The van der Waals surface area contributed by atoms with Crippen LogP contribution in [0.25, 0.3) is 33.1 Å². The number of amides is 1. The van der Waals surface area contributed by atoms with Gasteiger partial charge in [-0.2, -0.15) is 23.4 Å². The van der Waals surface area contributed by atoms with Crippen molar-refractivity contribution in [2.24, 2.45) is 0 Å². The Hall–Kier alpha value is -4.28. The van der Waals surface area contributed by atoms with Gasteiger partial charge in [0.2, 0.25) is 0 Å². The van der Waals surface area contributed by atoms with E-state index in [9.17, 15) is 18.0 Å². The average Bonchev–Trinajstić information content (AvgIpc) is 3.51. The van der Waals surface area contributed by atoms with Crippen LogP contribution in [0.4, 0.5) is 19.0 Å². The Kier molecular flexibility index (Phi) is 4.80. The average molecular weight is 477 g/mol. The van der Waals surface area contributed by atoms with Crippen LogP contribution in [-0.2, 0) is 19.0 Å². The zero-order valence-electron chi connectivity index (χ0n) is 18.2. The van der Waals surface area contributed by atoms with E-state index < -0.39 is 17.8 Å². The fourth-order valence-corrected chi connectivity index (χ4v) is 4.82. The molecular weight excluding hydrogens is 459 g/mol. The number of carbonyl (C=O) groups excluding carboxylic acids is 1. The molecule has 176 valence electrons. The molecule has 0 bridgehead atoms. The van der Waals surface area contributed by atoms with Crippen LogP contribution in [0, 0.1) is 0 Å². The van der Waals surface area contributed by atoms with Crippen molar-refractivity contribution in [3.05, 3.63) is 65.2 Å². The van der Waals surface area contributed by atoms with Crippen LogP contribution in [0.1, 0.15) is 40.2 Å². The van der Waals surface area contributed by atoms with E-state index in [1.807, 2.05) is 0 Å². The molecule has 11 heteroatoms. The van der Waals surface area contributed by atoms with Gasteiger partial charge in [0.05, 0.1) is 22.3 Å². The lowest BCUT2D eigenvalue weighted by Gasteiger charge is -2.22. The standard InChI is InChI=1S/C24H18F3N7O/c25-24(26,27)22-14(11-29-34-22)20-13-6-2-1-5-12(13)18-15(30-20)8-9-16-19(18)21(33-32-16)23(35)31-17-7-3-4-10-28-17/h3-4,7-11H,1-2,5-6H2,(H,29,34)(H,32,33)(H,28,31,35). The van der Waals surface area contributed by atoms with E-state index in [0.717, 1.165) is 29.4 Å². The van der Waals surface area contributed by atoms with Gasteiger partial charge in [-0.25, -0.2) is 9.97 Å². The number of aromatic nitrogens is 6. The van der Waals surface area contributed by atoms with Gasteiger partial charge in [0.25, 0.3) is 5.91 Å². The van der Waals surface area contributed by atoms with Crippen molar-refractivity contribution in [1.82, 2.24) is 30.4 Å². The van der Waals surface area contributed by atoms with E-state index >= 15 is 0 Å². The zero-order valence-corrected chi connectivity index (χ0v) is 18.2. The molecule has 0 saturated carbocycles. The number of aromatic amines is 2. The van der Waals surface area contributed by atoms with Crippen molar-refractivity contribution in [3.8, 4) is 11.3 Å². The van der Waals surface area contributed by atoms with Gasteiger partial charge in [-0.15, -0.1) is 0 Å². The number of hydrogen-bond acceptors (Lipinski definition) is 5. The Morgan fingerprint density at radius 2 is 1.83 bits per heavy atom. The first-order chi connectivity index (χ1) is 16.9. The number of nitrogens with zero attached hydrogens (tertiary/aromatic N) is 4. The minimum Gasteiger partial charge on any atom is -0.305 e. The predicted molar refractivity (Wildman–Crippen MR) is 123 cm³/mol. The largest absolute Gasteiger partial charge is 0.435 e. The number of carbonyl (C=O) groups is 1. The second-order valence-corrected chi connectivity index (χ2v) is 8.39. The molecule has 0 aliphatic heterocycles. The molecule has 3 N–H and O–H groups in total. The molecule has 4 aromatic heterocycles. The van der Waals surface area contributed by atoms with Gasteiger partial charge in [-0.1, -0.05) is 6.07 Å². The van der Waals surface area contributed by atoms with Crippen molar-refractivity contribution in [2.75, 3.05) is 5.32 Å². The van der Waals surface area contributed by atoms with Gasteiger partial charge in [-0.05, 0) is 61.1 Å². The van der Waals surface area contributed by atoms with E-state index in [2.05, 4.69) is 35.7 Å². The van der Waals surface area contributed by atoms with Gasteiger partial charge < -0.3 is 5.32 Å². The van der Waals surface area contributed by atoms with Crippen LogP contribution in [0.3, 0.4) is 0 Å². The molecular formula is C24H18F3N7O. The molecule has 0 spiro atoms. The lowest BCUT2D eigenvalue weighted by molar-refractivity contribution is -0.140. The highest BCUT2D eigenvalue weighted by Crippen LogP contribution is 2.42. The number of rotatable bonds is 3. The number of pyridine rings is 2. The maximum absolute atomic E-state index is 13.6. The van der Waals surface area contributed by atoms with E-state index in [4.69, 9.17) is 0 Å². The van der Waals surface area contributed by atoms with Crippen molar-refractivity contribution in [3.63, 3.8) is 0 Å². The van der Waals surface area contributed by atoms with Crippen LogP contribution < -0.4 is 5.32 Å². The molecule has 0 atom stereocenters. The van der Waals surface area contributed by atoms with E-state index in [-0.39, 0.29) is 17.0 Å². The molecule has 5 aromatic rings. The van der Waals surface area contributed by atoms with Gasteiger partial charge >= 0.3 is 6.18 Å². The van der Waals surface area contributed by atoms with Crippen LogP contribution in [-0.4, -0.2) is 36.3 Å². The first-order valence-electron chi connectivity index (χ1n) is 11.1. The van der Waals surface area contributed by atoms with Crippen molar-refractivity contribution >= 4 is 33.5 Å². The molecule has 4 heterocycles. The van der Waals surface area contributed by atoms with Gasteiger partial charge in [0, 0.05) is 23.2 Å². The normalized spacial score (nSPS) is 13.8. The summed E-state index contributed by atoms with van der Waals surface area (Å²) in [5.41, 5.74) is 2.18. The summed E-state index contributed by atoms with van der Waals surface area (Å²) < 4.78 is 40.9. The van der Waals surface area contributed by atoms with E-state index in [1.54, 1.807) is 36.5 Å². The third kappa shape index (κ3) is 3.50. The summed E-state index contributed by atoms with van der Waals surface area (Å²) in [5.74, 6) is -0.0544. The highest BCUT2D eigenvalue weighted by atomic mass is 19.4. The molecule has 1 aromatic carbocycles. The molecule has 1 amide bonds. The van der Waals surface area contributed by atoms with Crippen LogP contribution >= 0.6 is 0 Å². The second kappa shape index (κ2) is 7.90. The lowest BCUT2D eigenvalue weighted by Crippen LogP contribution is -2.14. The number of halogens is 3. The molecule has 0 fully saturated rings. The molecule has 35 heavy (non-hydrogen) atoms. The Morgan fingerprint density at radius 1 is 1.00 bits per heavy atom. The van der Waals surface area contributed by atoms with Gasteiger partial charge in [0.1, 0.15) is 5.82 Å². The Labute approximate surface area is 196 Å². The quantitative estimate of drug-likeness (QED) is 0.337. The van der Waals surface area contributed by atoms with Crippen molar-refractivity contribution in [2.45, 2.75) is 31.9 Å². The highest BCUT2D eigenvalue weighted by molar-refractivity contribution is 6.19. The maximum atomic E-state index is 13.6. The minimum atomic E-state index is -4.61. The summed E-state index contributed by atoms with van der Waals surface area (Å²) in [4.78, 5) is 21.9. The summed E-state index contributed by atoms with van der Waals surface area (Å²) in [6.07, 6.45) is 1.16. The predicted octanol–water partition coefficient (Wildman–Crippen LogP) is 5.05. The Balaban J connectivity index is 1.59. The first-order valence-corrected chi connectivity index (χ1v) is 11.1. The molecule has 1 aliphatic carbocycles. The number of aryl methyl sites for hydroxylation is 1. The Morgan fingerprint density at radius 3 is 2.60 bits per heavy atom. The second-order valence-electron chi connectivity index (χ2n) is 8.39. The van der Waals surface area contributed by atoms with Crippen molar-refractivity contribution < 1.29 is 18.0 Å². The number of anilines is 1. The van der Waals surface area contributed by atoms with E-state index in [1.165, 1.54) is 6.20 Å².